The lowest BCUT2D eigenvalue weighted by Crippen LogP contribution is -2.26. The van der Waals surface area contributed by atoms with Gasteiger partial charge < -0.3 is 10.4 Å². The third-order valence-electron chi connectivity index (χ3n) is 2.72. The quantitative estimate of drug-likeness (QED) is 0.738. The Hall–Kier alpha value is -1.83. The Bertz CT molecular complexity index is 586. The van der Waals surface area contributed by atoms with Gasteiger partial charge in [-0.3, -0.25) is 4.31 Å². The molecule has 0 aromatic carbocycles. The molecule has 112 valence electrons. The second-order valence-electron chi connectivity index (χ2n) is 4.42. The number of hydrogen-bond donors (Lipinski definition) is 2. The Balaban J connectivity index is 3.14. The van der Waals surface area contributed by atoms with Gasteiger partial charge in [0.05, 0.1) is 11.8 Å². The van der Waals surface area contributed by atoms with E-state index in [2.05, 4.69) is 10.3 Å². The first-order chi connectivity index (χ1) is 9.25. The number of nitrogens with zero attached hydrogens (tertiary/aromatic N) is 2. The number of rotatable bonds is 7. The van der Waals surface area contributed by atoms with Crippen molar-refractivity contribution in [2.75, 3.05) is 29.5 Å². The van der Waals surface area contributed by atoms with Crippen molar-refractivity contribution in [3.63, 3.8) is 0 Å². The van der Waals surface area contributed by atoms with Crippen LogP contribution in [0.2, 0.25) is 0 Å². The number of aromatic nitrogens is 1. The molecular formula is C12H19N3O4S. The largest absolute Gasteiger partial charge is 0.478 e. The summed E-state index contributed by atoms with van der Waals surface area (Å²) in [6, 6.07) is 2.62. The minimum absolute atomic E-state index is 0.00972. The van der Waals surface area contributed by atoms with E-state index in [4.69, 9.17) is 5.11 Å². The summed E-state index contributed by atoms with van der Waals surface area (Å²) < 4.78 is 24.0. The first-order valence-electron chi connectivity index (χ1n) is 6.19. The lowest BCUT2D eigenvalue weighted by Gasteiger charge is -2.17. The minimum atomic E-state index is -3.49. The third kappa shape index (κ3) is 4.37. The number of pyridine rings is 1. The predicted molar refractivity (Wildman–Crippen MR) is 77.8 cm³/mol. The molecule has 0 unspecified atom stereocenters. The average Bonchev–Trinajstić information content (AvgIpc) is 2.36. The van der Waals surface area contributed by atoms with Gasteiger partial charge in [0.15, 0.2) is 0 Å². The number of carboxylic acids is 1. The fourth-order valence-electron chi connectivity index (χ4n) is 1.45. The van der Waals surface area contributed by atoms with Gasteiger partial charge in [0, 0.05) is 13.6 Å². The zero-order valence-electron chi connectivity index (χ0n) is 11.8. The number of carboxylic acid groups (broad SMARTS) is 1. The van der Waals surface area contributed by atoms with Crippen LogP contribution in [-0.2, 0) is 10.0 Å². The number of unbranched alkanes of at least 4 members (excludes halogenated alkanes) is 1. The van der Waals surface area contributed by atoms with Crippen LogP contribution in [0.3, 0.4) is 0 Å². The minimum Gasteiger partial charge on any atom is -0.478 e. The number of nitrogens with one attached hydrogen (secondary N) is 1. The van der Waals surface area contributed by atoms with Crippen LogP contribution in [0.4, 0.5) is 11.6 Å². The molecule has 1 rings (SSSR count). The maximum atomic E-state index is 11.5. The summed E-state index contributed by atoms with van der Waals surface area (Å²) in [5.74, 6) is -0.704. The fraction of sp³-hybridized carbons (Fsp3) is 0.500. The van der Waals surface area contributed by atoms with Crippen molar-refractivity contribution < 1.29 is 18.3 Å². The topological polar surface area (TPSA) is 99.6 Å². The second-order valence-corrected chi connectivity index (χ2v) is 6.43. The first-order valence-corrected chi connectivity index (χ1v) is 8.03. The number of carbonyl (C=O) groups is 1. The Kier molecular flexibility index (Phi) is 5.32. The smallest absolute Gasteiger partial charge is 0.335 e. The SMILES string of the molecule is CCCCNc1cc(C(=O)O)cc(N(C)S(C)(=O)=O)n1. The summed E-state index contributed by atoms with van der Waals surface area (Å²) in [7, 11) is -2.16. The molecule has 0 amide bonds. The molecule has 20 heavy (non-hydrogen) atoms. The molecule has 2 N–H and O–H groups in total. The summed E-state index contributed by atoms with van der Waals surface area (Å²) in [4.78, 5) is 15.2. The summed E-state index contributed by atoms with van der Waals surface area (Å²) in [5, 5.41) is 12.1. The van der Waals surface area contributed by atoms with E-state index in [0.29, 0.717) is 12.4 Å². The van der Waals surface area contributed by atoms with E-state index in [1.807, 2.05) is 6.92 Å². The van der Waals surface area contributed by atoms with Crippen LogP contribution in [0.1, 0.15) is 30.1 Å². The van der Waals surface area contributed by atoms with Crippen LogP contribution in [0, 0.1) is 0 Å². The van der Waals surface area contributed by atoms with Crippen molar-refractivity contribution in [3.8, 4) is 0 Å². The van der Waals surface area contributed by atoms with Crippen molar-refractivity contribution in [3.05, 3.63) is 17.7 Å². The van der Waals surface area contributed by atoms with Crippen molar-refractivity contribution in [1.82, 2.24) is 4.98 Å². The molecule has 0 saturated carbocycles. The van der Waals surface area contributed by atoms with Crippen LogP contribution in [-0.4, -0.2) is 44.3 Å². The number of aromatic carboxylic acids is 1. The molecule has 0 saturated heterocycles. The van der Waals surface area contributed by atoms with Crippen LogP contribution >= 0.6 is 0 Å². The molecule has 0 spiro atoms. The zero-order valence-corrected chi connectivity index (χ0v) is 12.6. The van der Waals surface area contributed by atoms with E-state index in [9.17, 15) is 13.2 Å². The van der Waals surface area contributed by atoms with Crippen LogP contribution in [0.25, 0.3) is 0 Å². The Labute approximate surface area is 118 Å². The van der Waals surface area contributed by atoms with E-state index in [1.54, 1.807) is 0 Å². The van der Waals surface area contributed by atoms with E-state index in [0.717, 1.165) is 23.4 Å². The monoisotopic (exact) mass is 301 g/mol. The van der Waals surface area contributed by atoms with E-state index >= 15 is 0 Å². The molecule has 0 aliphatic rings. The normalized spacial score (nSPS) is 11.2. The molecule has 0 radical (unpaired) electrons. The molecule has 1 aromatic heterocycles. The first kappa shape index (κ1) is 16.2. The highest BCUT2D eigenvalue weighted by Crippen LogP contribution is 2.19. The third-order valence-corrected chi connectivity index (χ3v) is 3.90. The molecule has 0 atom stereocenters. The molecule has 0 bridgehead atoms. The molecule has 0 aliphatic heterocycles. The van der Waals surface area contributed by atoms with E-state index < -0.39 is 16.0 Å². The predicted octanol–water partition coefficient (Wildman–Crippen LogP) is 1.39. The van der Waals surface area contributed by atoms with Crippen molar-refractivity contribution in [2.24, 2.45) is 0 Å². The van der Waals surface area contributed by atoms with Gasteiger partial charge in [-0.2, -0.15) is 0 Å². The summed E-state index contributed by atoms with van der Waals surface area (Å²) >= 11 is 0. The average molecular weight is 301 g/mol. The Morgan fingerprint density at radius 2 is 2.10 bits per heavy atom. The lowest BCUT2D eigenvalue weighted by molar-refractivity contribution is 0.0697. The highest BCUT2D eigenvalue weighted by atomic mass is 32.2. The summed E-state index contributed by atoms with van der Waals surface area (Å²) in [5.41, 5.74) is -0.00972. The van der Waals surface area contributed by atoms with Gasteiger partial charge in [0.1, 0.15) is 11.6 Å². The molecule has 1 aromatic rings. The van der Waals surface area contributed by atoms with Crippen LogP contribution in [0.5, 0.6) is 0 Å². The van der Waals surface area contributed by atoms with E-state index in [1.165, 1.54) is 19.2 Å². The molecule has 1 heterocycles. The fourth-order valence-corrected chi connectivity index (χ4v) is 1.89. The van der Waals surface area contributed by atoms with Gasteiger partial charge in [0.25, 0.3) is 0 Å². The highest BCUT2D eigenvalue weighted by Gasteiger charge is 2.17. The zero-order chi connectivity index (χ0) is 15.3. The summed E-state index contributed by atoms with van der Waals surface area (Å²) in [6.45, 7) is 2.68. The molecule has 7 nitrogen and oxygen atoms in total. The molecule has 8 heteroatoms. The van der Waals surface area contributed by atoms with Gasteiger partial charge in [-0.15, -0.1) is 0 Å². The van der Waals surface area contributed by atoms with Crippen molar-refractivity contribution in [1.29, 1.82) is 0 Å². The van der Waals surface area contributed by atoms with Gasteiger partial charge in [-0.1, -0.05) is 13.3 Å². The molecule has 0 fully saturated rings. The number of anilines is 2. The summed E-state index contributed by atoms with van der Waals surface area (Å²) in [6.07, 6.45) is 2.93. The number of sulfonamides is 1. The molecule has 0 aliphatic carbocycles. The maximum Gasteiger partial charge on any atom is 0.335 e. The second kappa shape index (κ2) is 6.56. The number of hydrogen-bond acceptors (Lipinski definition) is 5. The Morgan fingerprint density at radius 3 is 2.60 bits per heavy atom. The molecular weight excluding hydrogens is 282 g/mol. The van der Waals surface area contributed by atoms with Gasteiger partial charge in [-0.25, -0.2) is 18.2 Å². The standard InChI is InChI=1S/C12H19N3O4S/c1-4-5-6-13-10-7-9(12(16)17)8-11(14-10)15(2)20(3,18)19/h7-8H,4-6H2,1-3H3,(H,13,14)(H,16,17). The van der Waals surface area contributed by atoms with Crippen LogP contribution in [0.15, 0.2) is 12.1 Å². The lowest BCUT2D eigenvalue weighted by atomic mass is 10.2. The highest BCUT2D eigenvalue weighted by molar-refractivity contribution is 7.92. The van der Waals surface area contributed by atoms with Crippen molar-refractivity contribution >= 4 is 27.6 Å². The van der Waals surface area contributed by atoms with Gasteiger partial charge in [-0.05, 0) is 18.6 Å². The van der Waals surface area contributed by atoms with Gasteiger partial charge in [0.2, 0.25) is 10.0 Å². The van der Waals surface area contributed by atoms with E-state index in [-0.39, 0.29) is 11.4 Å². The maximum absolute atomic E-state index is 11.5. The van der Waals surface area contributed by atoms with Gasteiger partial charge >= 0.3 is 5.97 Å². The van der Waals surface area contributed by atoms with Crippen molar-refractivity contribution in [2.45, 2.75) is 19.8 Å². The van der Waals surface area contributed by atoms with Crippen LogP contribution < -0.4 is 9.62 Å². The Morgan fingerprint density at radius 1 is 1.45 bits per heavy atom.